The van der Waals surface area contributed by atoms with E-state index in [0.29, 0.717) is 54.9 Å². The number of aliphatic hydroxyl groups is 1. The minimum atomic E-state index is -1.94. The molecule has 66 heavy (non-hydrogen) atoms. The molecule has 0 unspecified atom stereocenters. The fraction of sp³-hybridized carbons (Fsp3) is 0.396. The molecule has 6 amide bonds. The smallest absolute Gasteiger partial charge is 0.343 e. The van der Waals surface area contributed by atoms with Gasteiger partial charge in [-0.3, -0.25) is 33.6 Å². The Morgan fingerprint density at radius 3 is 2.38 bits per heavy atom. The van der Waals surface area contributed by atoms with Crippen molar-refractivity contribution in [1.82, 2.24) is 35.7 Å². The van der Waals surface area contributed by atoms with Crippen molar-refractivity contribution in [3.05, 3.63) is 104 Å². The minimum absolute atomic E-state index is 0.00623. The molecule has 0 saturated heterocycles. The van der Waals surface area contributed by atoms with Crippen LogP contribution in [0.1, 0.15) is 78.8 Å². The Morgan fingerprint density at radius 2 is 1.61 bits per heavy atom. The molecule has 6 N–H and O–H groups in total. The van der Waals surface area contributed by atoms with E-state index in [0.717, 1.165) is 46.9 Å². The average Bonchev–Trinajstić information content (AvgIpc) is 3.91. The fourth-order valence-corrected chi connectivity index (χ4v) is 9.18. The van der Waals surface area contributed by atoms with Gasteiger partial charge < -0.3 is 45.9 Å². The zero-order valence-corrected chi connectivity index (χ0v) is 36.6. The van der Waals surface area contributed by atoms with Crippen LogP contribution in [0.3, 0.4) is 0 Å². The molecule has 0 radical (unpaired) electrons. The molecular weight excluding hydrogens is 849 g/mol. The predicted molar refractivity (Wildman–Crippen MR) is 240 cm³/mol. The number of hydrogen-bond acceptors (Lipinski definition) is 11. The Hall–Kier alpha value is -7.21. The molecular formula is C48H52N8O10. The highest BCUT2D eigenvalue weighted by Gasteiger charge is 2.45. The lowest BCUT2D eigenvalue weighted by atomic mass is 9.85. The van der Waals surface area contributed by atoms with Gasteiger partial charge in [-0.25, -0.2) is 9.78 Å². The van der Waals surface area contributed by atoms with Crippen LogP contribution in [-0.4, -0.2) is 99.7 Å². The first-order valence-electron chi connectivity index (χ1n) is 22.4. The SMILES string of the molecule is CC[C@@]1(O)C(=O)OCc2c1cc1n(c2=O)Cc2c-1nc1ccc(NC(=O)CNC(=O)[C@H](Cc3ccccc3)NC(=O)CNC(=O)CNC(=O)CCCCCN3CC=CC3=O)c3c1c2CCC3. The number of nitrogens with zero attached hydrogens (tertiary/aromatic N) is 3. The van der Waals surface area contributed by atoms with Gasteiger partial charge in [0, 0.05) is 54.2 Å². The average molecular weight is 901 g/mol. The molecule has 8 rings (SSSR count). The monoisotopic (exact) mass is 900 g/mol. The molecule has 4 aliphatic rings. The van der Waals surface area contributed by atoms with E-state index in [9.17, 15) is 43.5 Å². The summed E-state index contributed by atoms with van der Waals surface area (Å²) in [7, 11) is 0. The molecule has 0 bridgehead atoms. The number of esters is 1. The van der Waals surface area contributed by atoms with Crippen LogP contribution in [0.2, 0.25) is 0 Å². The number of nitrogens with one attached hydrogen (secondary N) is 5. The van der Waals surface area contributed by atoms with Crippen LogP contribution in [0.25, 0.3) is 22.3 Å². The van der Waals surface area contributed by atoms with Gasteiger partial charge in [0.15, 0.2) is 5.60 Å². The molecule has 0 saturated carbocycles. The zero-order valence-electron chi connectivity index (χ0n) is 36.6. The van der Waals surface area contributed by atoms with Crippen LogP contribution in [0.5, 0.6) is 0 Å². The van der Waals surface area contributed by atoms with Crippen LogP contribution in [0.4, 0.5) is 5.69 Å². The lowest BCUT2D eigenvalue weighted by Crippen LogP contribution is -2.52. The molecule has 344 valence electrons. The van der Waals surface area contributed by atoms with Crippen LogP contribution >= 0.6 is 0 Å². The number of fused-ring (bicyclic) bond motifs is 5. The summed E-state index contributed by atoms with van der Waals surface area (Å²) in [4.78, 5) is 110. The number of aromatic nitrogens is 2. The van der Waals surface area contributed by atoms with Gasteiger partial charge in [0.05, 0.1) is 48.6 Å². The van der Waals surface area contributed by atoms with E-state index < -0.39 is 54.3 Å². The molecule has 18 heteroatoms. The van der Waals surface area contributed by atoms with E-state index >= 15 is 0 Å². The first-order valence-corrected chi connectivity index (χ1v) is 22.4. The standard InChI is InChI=1S/C48H52N8O10/c1-2-48(65)33-22-37-44-31(26-56(37)46(63)32(33)27-66-47(48)64)29-13-9-14-30-34(17-18-35(54-44)43(29)30)52-41(60)25-51-45(62)36(21-28-11-5-3-6-12-28)53-40(59)24-50-39(58)23-49-38(57)15-7-4-8-19-55-20-10-16-42(55)61/h3,5-6,10-12,16-18,22,36,65H,2,4,7-9,13-15,19-21,23-27H2,1H3,(H,49,57)(H,50,58)(H,51,62)(H,52,60)(H,53,59)/t36-,48-/m0/s1. The summed E-state index contributed by atoms with van der Waals surface area (Å²) in [6.45, 7) is 1.73. The third kappa shape index (κ3) is 9.45. The minimum Gasteiger partial charge on any atom is -0.458 e. The molecule has 0 fully saturated rings. The summed E-state index contributed by atoms with van der Waals surface area (Å²) in [5, 5.41) is 25.4. The topological polar surface area (TPSA) is 247 Å². The van der Waals surface area contributed by atoms with Gasteiger partial charge >= 0.3 is 5.97 Å². The number of rotatable bonds is 18. The number of anilines is 1. The number of ether oxygens (including phenoxy) is 1. The van der Waals surface area contributed by atoms with Crippen molar-refractivity contribution in [2.24, 2.45) is 0 Å². The lowest BCUT2D eigenvalue weighted by Gasteiger charge is -2.31. The number of carbonyl (C=O) groups excluding carboxylic acids is 7. The van der Waals surface area contributed by atoms with Gasteiger partial charge in [-0.05, 0) is 73.4 Å². The van der Waals surface area contributed by atoms with Gasteiger partial charge in [0.25, 0.3) is 5.56 Å². The van der Waals surface area contributed by atoms with E-state index in [2.05, 4.69) is 26.6 Å². The predicted octanol–water partition coefficient (Wildman–Crippen LogP) is 1.54. The second-order valence-electron chi connectivity index (χ2n) is 17.0. The number of carbonyl (C=O) groups is 7. The van der Waals surface area contributed by atoms with Crippen LogP contribution in [0.15, 0.2) is 65.5 Å². The lowest BCUT2D eigenvalue weighted by molar-refractivity contribution is -0.172. The highest BCUT2D eigenvalue weighted by Crippen LogP contribution is 2.43. The third-order valence-electron chi connectivity index (χ3n) is 12.7. The van der Waals surface area contributed by atoms with E-state index in [-0.39, 0.29) is 67.5 Å². The molecule has 2 aromatic heterocycles. The molecule has 4 aromatic rings. The second kappa shape index (κ2) is 19.5. The van der Waals surface area contributed by atoms with Crippen LogP contribution < -0.4 is 32.1 Å². The molecule has 2 atom stereocenters. The first-order chi connectivity index (χ1) is 31.8. The van der Waals surface area contributed by atoms with E-state index in [1.54, 1.807) is 64.9 Å². The summed E-state index contributed by atoms with van der Waals surface area (Å²) >= 11 is 0. The Bertz CT molecular complexity index is 2730. The van der Waals surface area contributed by atoms with Gasteiger partial charge in [-0.2, -0.15) is 0 Å². The number of aryl methyl sites for hydroxylation is 2. The maximum atomic E-state index is 13.8. The number of unbranched alkanes of at least 4 members (excludes halogenated alkanes) is 2. The normalized spacial score (nSPS) is 17.0. The molecule has 5 heterocycles. The van der Waals surface area contributed by atoms with Crippen molar-refractivity contribution in [3.63, 3.8) is 0 Å². The molecule has 2 aromatic carbocycles. The summed E-state index contributed by atoms with van der Waals surface area (Å²) in [5.41, 5.74) is 4.07. The van der Waals surface area contributed by atoms with Crippen LogP contribution in [-0.2, 0) is 76.3 Å². The van der Waals surface area contributed by atoms with E-state index in [1.807, 2.05) is 12.1 Å². The first kappa shape index (κ1) is 45.4. The van der Waals surface area contributed by atoms with Crippen molar-refractivity contribution in [3.8, 4) is 11.4 Å². The van der Waals surface area contributed by atoms with Crippen molar-refractivity contribution < 1.29 is 43.4 Å². The second-order valence-corrected chi connectivity index (χ2v) is 17.0. The Morgan fingerprint density at radius 1 is 0.848 bits per heavy atom. The highest BCUT2D eigenvalue weighted by molar-refractivity contribution is 6.01. The quantitative estimate of drug-likeness (QED) is 0.0544. The molecule has 1 aliphatic carbocycles. The summed E-state index contributed by atoms with van der Waals surface area (Å²) in [6, 6.07) is 13.2. The van der Waals surface area contributed by atoms with Crippen molar-refractivity contribution >= 4 is 58.0 Å². The zero-order chi connectivity index (χ0) is 46.5. The summed E-state index contributed by atoms with van der Waals surface area (Å²) < 4.78 is 6.83. The van der Waals surface area contributed by atoms with Gasteiger partial charge in [0.2, 0.25) is 35.4 Å². The van der Waals surface area contributed by atoms with Gasteiger partial charge in [0.1, 0.15) is 12.6 Å². The van der Waals surface area contributed by atoms with Crippen LogP contribution in [0, 0.1) is 0 Å². The van der Waals surface area contributed by atoms with Crippen molar-refractivity contribution in [2.75, 3.05) is 38.0 Å². The number of pyridine rings is 2. The summed E-state index contributed by atoms with van der Waals surface area (Å²) in [6.07, 6.45) is 7.96. The number of cyclic esters (lactones) is 1. The Kier molecular flexibility index (Phi) is 13.4. The Labute approximate surface area is 379 Å². The highest BCUT2D eigenvalue weighted by atomic mass is 16.6. The van der Waals surface area contributed by atoms with Crippen molar-refractivity contribution in [2.45, 2.75) is 89.5 Å². The summed E-state index contributed by atoms with van der Waals surface area (Å²) in [5.74, 6) is -3.45. The van der Waals surface area contributed by atoms with Gasteiger partial charge in [-0.1, -0.05) is 49.8 Å². The number of hydrogen-bond donors (Lipinski definition) is 6. The fourth-order valence-electron chi connectivity index (χ4n) is 9.18. The maximum absolute atomic E-state index is 13.8. The van der Waals surface area contributed by atoms with Gasteiger partial charge in [-0.15, -0.1) is 0 Å². The van der Waals surface area contributed by atoms with Crippen molar-refractivity contribution in [1.29, 1.82) is 0 Å². The molecule has 3 aliphatic heterocycles. The maximum Gasteiger partial charge on any atom is 0.343 e. The number of benzene rings is 2. The Balaban J connectivity index is 0.864. The third-order valence-corrected chi connectivity index (χ3v) is 12.7. The number of amides is 6. The van der Waals surface area contributed by atoms with E-state index in [1.165, 1.54) is 0 Å². The van der Waals surface area contributed by atoms with E-state index in [4.69, 9.17) is 9.72 Å². The molecule has 0 spiro atoms. The molecule has 18 nitrogen and oxygen atoms in total. The largest absolute Gasteiger partial charge is 0.458 e.